The Labute approximate surface area is 127 Å². The molecule has 0 saturated heterocycles. The normalized spacial score (nSPS) is 13.3. The zero-order chi connectivity index (χ0) is 15.7. The lowest BCUT2D eigenvalue weighted by Gasteiger charge is -2.20. The SMILES string of the molecule is CN=C(NCCCCn1ccccc1=O)NC(C)C(C)C. The first kappa shape index (κ1) is 17.3. The zero-order valence-corrected chi connectivity index (χ0v) is 13.6. The molecular formula is C16H28N4O. The lowest BCUT2D eigenvalue weighted by Crippen LogP contribution is -2.44. The Hall–Kier alpha value is -1.78. The highest BCUT2D eigenvalue weighted by molar-refractivity contribution is 5.79. The van der Waals surface area contributed by atoms with E-state index in [-0.39, 0.29) is 5.56 Å². The van der Waals surface area contributed by atoms with Gasteiger partial charge in [-0.15, -0.1) is 0 Å². The van der Waals surface area contributed by atoms with Crippen LogP contribution in [0.15, 0.2) is 34.2 Å². The second-order valence-electron chi connectivity index (χ2n) is 5.62. The van der Waals surface area contributed by atoms with Crippen LogP contribution in [0, 0.1) is 5.92 Å². The molecule has 1 rings (SSSR count). The third-order valence-corrected chi connectivity index (χ3v) is 3.61. The third-order valence-electron chi connectivity index (χ3n) is 3.61. The fourth-order valence-corrected chi connectivity index (χ4v) is 1.84. The smallest absolute Gasteiger partial charge is 0.250 e. The van der Waals surface area contributed by atoms with Crippen LogP contribution in [-0.4, -0.2) is 30.2 Å². The Balaban J connectivity index is 2.24. The highest BCUT2D eigenvalue weighted by atomic mass is 16.1. The molecule has 1 unspecified atom stereocenters. The van der Waals surface area contributed by atoms with Gasteiger partial charge in [-0.3, -0.25) is 9.79 Å². The van der Waals surface area contributed by atoms with Gasteiger partial charge in [0.05, 0.1) is 0 Å². The van der Waals surface area contributed by atoms with Crippen LogP contribution >= 0.6 is 0 Å². The molecule has 0 radical (unpaired) electrons. The van der Waals surface area contributed by atoms with Crippen molar-refractivity contribution >= 4 is 5.96 Å². The highest BCUT2D eigenvalue weighted by Gasteiger charge is 2.08. The number of aliphatic imine (C=N–C) groups is 1. The number of aromatic nitrogens is 1. The third kappa shape index (κ3) is 6.47. The Morgan fingerprint density at radius 2 is 2.05 bits per heavy atom. The van der Waals surface area contributed by atoms with Crippen LogP contribution in [0.1, 0.15) is 33.6 Å². The van der Waals surface area contributed by atoms with Crippen molar-refractivity contribution in [3.63, 3.8) is 0 Å². The fourth-order valence-electron chi connectivity index (χ4n) is 1.84. The minimum atomic E-state index is 0.0636. The van der Waals surface area contributed by atoms with E-state index in [1.807, 2.05) is 12.3 Å². The summed E-state index contributed by atoms with van der Waals surface area (Å²) in [6.07, 6.45) is 3.80. The van der Waals surface area contributed by atoms with Crippen molar-refractivity contribution in [3.05, 3.63) is 34.7 Å². The van der Waals surface area contributed by atoms with Crippen molar-refractivity contribution in [2.45, 2.75) is 46.2 Å². The van der Waals surface area contributed by atoms with Crippen molar-refractivity contribution < 1.29 is 0 Å². The molecule has 0 aliphatic rings. The molecule has 21 heavy (non-hydrogen) atoms. The van der Waals surface area contributed by atoms with E-state index in [4.69, 9.17) is 0 Å². The predicted molar refractivity (Wildman–Crippen MR) is 88.7 cm³/mol. The summed E-state index contributed by atoms with van der Waals surface area (Å²) >= 11 is 0. The van der Waals surface area contributed by atoms with Gasteiger partial charge >= 0.3 is 0 Å². The number of unbranched alkanes of at least 4 members (excludes halogenated alkanes) is 1. The van der Waals surface area contributed by atoms with Crippen molar-refractivity contribution in [1.82, 2.24) is 15.2 Å². The predicted octanol–water partition coefficient (Wildman–Crippen LogP) is 1.84. The molecule has 0 aliphatic carbocycles. The topological polar surface area (TPSA) is 58.4 Å². The van der Waals surface area contributed by atoms with Crippen LogP contribution in [0.2, 0.25) is 0 Å². The molecule has 0 bridgehead atoms. The maximum atomic E-state index is 11.5. The van der Waals surface area contributed by atoms with E-state index < -0.39 is 0 Å². The molecule has 5 heteroatoms. The first-order valence-corrected chi connectivity index (χ1v) is 7.67. The molecule has 5 nitrogen and oxygen atoms in total. The van der Waals surface area contributed by atoms with Crippen LogP contribution < -0.4 is 16.2 Å². The summed E-state index contributed by atoms with van der Waals surface area (Å²) in [5, 5.41) is 6.68. The van der Waals surface area contributed by atoms with Crippen LogP contribution in [0.4, 0.5) is 0 Å². The van der Waals surface area contributed by atoms with Crippen LogP contribution in [0.5, 0.6) is 0 Å². The largest absolute Gasteiger partial charge is 0.356 e. The Bertz CT molecular complexity index is 493. The summed E-state index contributed by atoms with van der Waals surface area (Å²) in [5.41, 5.74) is 0.0636. The van der Waals surface area contributed by atoms with Gasteiger partial charge in [0.1, 0.15) is 0 Å². The van der Waals surface area contributed by atoms with Gasteiger partial charge in [-0.25, -0.2) is 0 Å². The van der Waals surface area contributed by atoms with Crippen LogP contribution in [0.25, 0.3) is 0 Å². The lowest BCUT2D eigenvalue weighted by atomic mass is 10.1. The minimum absolute atomic E-state index is 0.0636. The van der Waals surface area contributed by atoms with Gasteiger partial charge in [-0.2, -0.15) is 0 Å². The van der Waals surface area contributed by atoms with E-state index in [0.717, 1.165) is 31.9 Å². The second kappa shape index (κ2) is 9.21. The monoisotopic (exact) mass is 292 g/mol. The molecule has 2 N–H and O–H groups in total. The maximum absolute atomic E-state index is 11.5. The molecule has 1 atom stereocenters. The quantitative estimate of drug-likeness (QED) is 0.458. The summed E-state index contributed by atoms with van der Waals surface area (Å²) in [4.78, 5) is 15.8. The summed E-state index contributed by atoms with van der Waals surface area (Å²) in [6.45, 7) is 8.13. The molecular weight excluding hydrogens is 264 g/mol. The molecule has 0 fully saturated rings. The van der Waals surface area contributed by atoms with E-state index in [9.17, 15) is 4.79 Å². The first-order valence-electron chi connectivity index (χ1n) is 7.67. The van der Waals surface area contributed by atoms with E-state index in [1.54, 1.807) is 23.7 Å². The number of nitrogens with zero attached hydrogens (tertiary/aromatic N) is 2. The number of guanidine groups is 1. The molecule has 118 valence electrons. The Morgan fingerprint density at radius 3 is 2.67 bits per heavy atom. The Morgan fingerprint density at radius 1 is 1.29 bits per heavy atom. The van der Waals surface area contributed by atoms with E-state index >= 15 is 0 Å². The van der Waals surface area contributed by atoms with Gasteiger partial charge < -0.3 is 15.2 Å². The highest BCUT2D eigenvalue weighted by Crippen LogP contribution is 1.99. The van der Waals surface area contributed by atoms with Gasteiger partial charge in [-0.05, 0) is 31.7 Å². The average molecular weight is 292 g/mol. The summed E-state index contributed by atoms with van der Waals surface area (Å²) < 4.78 is 1.74. The number of pyridine rings is 1. The summed E-state index contributed by atoms with van der Waals surface area (Å²) in [7, 11) is 1.78. The lowest BCUT2D eigenvalue weighted by molar-refractivity contribution is 0.479. The van der Waals surface area contributed by atoms with E-state index in [1.165, 1.54) is 0 Å². The zero-order valence-electron chi connectivity index (χ0n) is 13.6. The number of rotatable bonds is 7. The van der Waals surface area contributed by atoms with Crippen molar-refractivity contribution in [2.24, 2.45) is 10.9 Å². The number of aryl methyl sites for hydroxylation is 1. The van der Waals surface area contributed by atoms with E-state index in [0.29, 0.717) is 12.0 Å². The van der Waals surface area contributed by atoms with E-state index in [2.05, 4.69) is 36.4 Å². The molecule has 1 aromatic rings. The van der Waals surface area contributed by atoms with Gasteiger partial charge in [0, 0.05) is 38.4 Å². The molecule has 0 amide bonds. The standard InChI is InChI=1S/C16H28N4O/c1-13(2)14(3)19-16(17-4)18-10-6-8-12-20-11-7-5-9-15(20)21/h5,7,9,11,13-14H,6,8,10,12H2,1-4H3,(H2,17,18,19). The first-order chi connectivity index (χ1) is 10.0. The molecule has 0 spiro atoms. The Kier molecular flexibility index (Phi) is 7.58. The summed E-state index contributed by atoms with van der Waals surface area (Å²) in [5.74, 6) is 1.40. The van der Waals surface area contributed by atoms with Gasteiger partial charge in [0.2, 0.25) is 5.56 Å². The number of hydrogen-bond acceptors (Lipinski definition) is 2. The van der Waals surface area contributed by atoms with Crippen molar-refractivity contribution in [1.29, 1.82) is 0 Å². The second-order valence-corrected chi connectivity index (χ2v) is 5.62. The minimum Gasteiger partial charge on any atom is -0.356 e. The number of nitrogens with one attached hydrogen (secondary N) is 2. The van der Waals surface area contributed by atoms with Gasteiger partial charge in [0.15, 0.2) is 5.96 Å². The average Bonchev–Trinajstić information content (AvgIpc) is 2.47. The molecule has 0 aliphatic heterocycles. The van der Waals surface area contributed by atoms with Crippen LogP contribution in [0.3, 0.4) is 0 Å². The maximum Gasteiger partial charge on any atom is 0.250 e. The van der Waals surface area contributed by atoms with Gasteiger partial charge in [-0.1, -0.05) is 19.9 Å². The fraction of sp³-hybridized carbons (Fsp3) is 0.625. The molecule has 1 heterocycles. The van der Waals surface area contributed by atoms with Crippen LogP contribution in [-0.2, 0) is 6.54 Å². The molecule has 0 saturated carbocycles. The van der Waals surface area contributed by atoms with Gasteiger partial charge in [0.25, 0.3) is 0 Å². The van der Waals surface area contributed by atoms with Crippen molar-refractivity contribution in [3.8, 4) is 0 Å². The number of hydrogen-bond donors (Lipinski definition) is 2. The summed E-state index contributed by atoms with van der Waals surface area (Å²) in [6, 6.07) is 5.64. The van der Waals surface area contributed by atoms with Crippen molar-refractivity contribution in [2.75, 3.05) is 13.6 Å². The molecule has 1 aromatic heterocycles. The molecule has 0 aromatic carbocycles.